The fraction of sp³-hybridized carbons (Fsp3) is 0.929. The molecular formula is C14H29NO2. The summed E-state index contributed by atoms with van der Waals surface area (Å²) < 4.78 is 0. The second-order valence-electron chi connectivity index (χ2n) is 4.62. The first-order valence-corrected chi connectivity index (χ1v) is 7.14. The maximum Gasteiger partial charge on any atom is 0.222 e. The number of aliphatic hydroxyl groups is 1. The van der Waals surface area contributed by atoms with Gasteiger partial charge in [-0.1, -0.05) is 39.5 Å². The minimum Gasteiger partial charge on any atom is -0.396 e. The van der Waals surface area contributed by atoms with E-state index in [2.05, 4.69) is 13.8 Å². The quantitative estimate of drug-likeness (QED) is 0.567. The molecule has 1 N–H and O–H groups in total. The van der Waals surface area contributed by atoms with Gasteiger partial charge in [-0.25, -0.2) is 0 Å². The molecule has 0 fully saturated rings. The van der Waals surface area contributed by atoms with Gasteiger partial charge in [0.1, 0.15) is 0 Å². The Morgan fingerprint density at radius 3 is 1.88 bits per heavy atom. The van der Waals surface area contributed by atoms with Crippen LogP contribution in [-0.2, 0) is 4.79 Å². The van der Waals surface area contributed by atoms with Crippen molar-refractivity contribution in [2.45, 2.75) is 65.2 Å². The number of hydrogen-bond donors (Lipinski definition) is 1. The molecule has 0 unspecified atom stereocenters. The molecule has 0 saturated heterocycles. The molecule has 0 aromatic rings. The van der Waals surface area contributed by atoms with Crippen LogP contribution in [0.2, 0.25) is 0 Å². The molecule has 0 aliphatic rings. The Bertz CT molecular complexity index is 173. The van der Waals surface area contributed by atoms with Crippen LogP contribution in [0.3, 0.4) is 0 Å². The normalized spacial score (nSPS) is 10.5. The van der Waals surface area contributed by atoms with Gasteiger partial charge in [-0.2, -0.15) is 0 Å². The van der Waals surface area contributed by atoms with Crippen molar-refractivity contribution < 1.29 is 9.90 Å². The van der Waals surface area contributed by atoms with Gasteiger partial charge in [-0.05, 0) is 19.3 Å². The van der Waals surface area contributed by atoms with Crippen LogP contribution in [0.1, 0.15) is 65.2 Å². The largest absolute Gasteiger partial charge is 0.396 e. The summed E-state index contributed by atoms with van der Waals surface area (Å²) in [5.41, 5.74) is 0. The Kier molecular flexibility index (Phi) is 11.5. The summed E-state index contributed by atoms with van der Waals surface area (Å²) in [6.07, 6.45) is 8.06. The molecule has 0 atom stereocenters. The summed E-state index contributed by atoms with van der Waals surface area (Å²) in [6, 6.07) is 0. The fourth-order valence-corrected chi connectivity index (χ4v) is 1.85. The van der Waals surface area contributed by atoms with Crippen LogP contribution in [0.25, 0.3) is 0 Å². The van der Waals surface area contributed by atoms with Crippen LogP contribution in [-0.4, -0.2) is 35.6 Å². The van der Waals surface area contributed by atoms with Crippen molar-refractivity contribution in [2.75, 3.05) is 19.7 Å². The van der Waals surface area contributed by atoms with Crippen LogP contribution in [0.4, 0.5) is 0 Å². The molecule has 0 saturated carbocycles. The number of amides is 1. The van der Waals surface area contributed by atoms with E-state index in [1.807, 2.05) is 4.90 Å². The van der Waals surface area contributed by atoms with Crippen molar-refractivity contribution in [3.63, 3.8) is 0 Å². The molecule has 1 amide bonds. The molecule has 0 heterocycles. The molecule has 0 aromatic heterocycles. The second-order valence-corrected chi connectivity index (χ2v) is 4.62. The summed E-state index contributed by atoms with van der Waals surface area (Å²) >= 11 is 0. The third-order valence-electron chi connectivity index (χ3n) is 2.96. The average Bonchev–Trinajstić information content (AvgIpc) is 2.34. The minimum absolute atomic E-state index is 0.115. The molecule has 0 spiro atoms. The zero-order valence-corrected chi connectivity index (χ0v) is 11.6. The van der Waals surface area contributed by atoms with Crippen molar-refractivity contribution in [2.24, 2.45) is 0 Å². The molecule has 17 heavy (non-hydrogen) atoms. The highest BCUT2D eigenvalue weighted by molar-refractivity contribution is 5.76. The predicted molar refractivity (Wildman–Crippen MR) is 71.9 cm³/mol. The van der Waals surface area contributed by atoms with Gasteiger partial charge in [0.2, 0.25) is 5.91 Å². The highest BCUT2D eigenvalue weighted by Gasteiger charge is 2.11. The van der Waals surface area contributed by atoms with Gasteiger partial charge in [-0.3, -0.25) is 4.79 Å². The van der Waals surface area contributed by atoms with Crippen molar-refractivity contribution in [1.82, 2.24) is 4.90 Å². The van der Waals surface area contributed by atoms with E-state index < -0.39 is 0 Å². The van der Waals surface area contributed by atoms with Gasteiger partial charge < -0.3 is 10.0 Å². The first-order valence-electron chi connectivity index (χ1n) is 7.14. The number of nitrogens with zero attached hydrogens (tertiary/aromatic N) is 1. The van der Waals surface area contributed by atoms with Crippen molar-refractivity contribution in [3.8, 4) is 0 Å². The van der Waals surface area contributed by atoms with Crippen molar-refractivity contribution >= 4 is 5.91 Å². The third-order valence-corrected chi connectivity index (χ3v) is 2.96. The molecule has 0 radical (unpaired) electrons. The summed E-state index contributed by atoms with van der Waals surface area (Å²) in [6.45, 7) is 6.25. The predicted octanol–water partition coefficient (Wildman–Crippen LogP) is 2.97. The number of carbonyl (C=O) groups excluding carboxylic acids is 1. The van der Waals surface area contributed by atoms with Gasteiger partial charge in [-0.15, -0.1) is 0 Å². The van der Waals surface area contributed by atoms with Gasteiger partial charge in [0.15, 0.2) is 0 Å². The monoisotopic (exact) mass is 243 g/mol. The molecule has 0 bridgehead atoms. The number of rotatable bonds is 11. The Labute approximate surface area is 106 Å². The molecule has 0 aliphatic carbocycles. The lowest BCUT2D eigenvalue weighted by Gasteiger charge is -2.22. The first-order chi connectivity index (χ1) is 8.26. The minimum atomic E-state index is 0.115. The molecule has 0 aliphatic heterocycles. The number of hydrogen-bond acceptors (Lipinski definition) is 2. The van der Waals surface area contributed by atoms with E-state index >= 15 is 0 Å². The number of carbonyl (C=O) groups is 1. The van der Waals surface area contributed by atoms with Crippen molar-refractivity contribution in [3.05, 3.63) is 0 Å². The standard InChI is InChI=1S/C14H29NO2/c1-3-5-7-11-15(12-8-6-4-2)14(17)10-9-13-16/h16H,3-13H2,1-2H3. The van der Waals surface area contributed by atoms with Crippen LogP contribution in [0.5, 0.6) is 0 Å². The average molecular weight is 243 g/mol. The Balaban J connectivity index is 3.94. The second kappa shape index (κ2) is 11.9. The van der Waals surface area contributed by atoms with Gasteiger partial charge >= 0.3 is 0 Å². The van der Waals surface area contributed by atoms with Gasteiger partial charge in [0.05, 0.1) is 0 Å². The van der Waals surface area contributed by atoms with E-state index in [4.69, 9.17) is 5.11 Å². The summed E-state index contributed by atoms with van der Waals surface area (Å²) in [7, 11) is 0. The van der Waals surface area contributed by atoms with E-state index in [1.165, 1.54) is 25.7 Å². The lowest BCUT2D eigenvalue weighted by atomic mass is 10.2. The first kappa shape index (κ1) is 16.4. The zero-order chi connectivity index (χ0) is 12.9. The van der Waals surface area contributed by atoms with Crippen LogP contribution < -0.4 is 0 Å². The number of unbranched alkanes of at least 4 members (excludes halogenated alkanes) is 4. The third kappa shape index (κ3) is 9.16. The molecule has 0 aromatic carbocycles. The Hall–Kier alpha value is -0.570. The van der Waals surface area contributed by atoms with E-state index in [1.54, 1.807) is 0 Å². The van der Waals surface area contributed by atoms with Gasteiger partial charge in [0, 0.05) is 26.1 Å². The molecule has 0 rings (SSSR count). The fourth-order valence-electron chi connectivity index (χ4n) is 1.85. The van der Waals surface area contributed by atoms with E-state index in [0.717, 1.165) is 25.9 Å². The highest BCUT2D eigenvalue weighted by atomic mass is 16.3. The summed E-state index contributed by atoms with van der Waals surface area (Å²) in [5.74, 6) is 0.214. The van der Waals surface area contributed by atoms with Crippen LogP contribution in [0.15, 0.2) is 0 Å². The summed E-state index contributed by atoms with van der Waals surface area (Å²) in [5, 5.41) is 8.75. The zero-order valence-electron chi connectivity index (χ0n) is 11.6. The van der Waals surface area contributed by atoms with Gasteiger partial charge in [0.25, 0.3) is 0 Å². The molecule has 102 valence electrons. The molecule has 3 nitrogen and oxygen atoms in total. The maximum atomic E-state index is 11.9. The molecule has 3 heteroatoms. The lowest BCUT2D eigenvalue weighted by molar-refractivity contribution is -0.131. The Morgan fingerprint density at radius 2 is 1.47 bits per heavy atom. The lowest BCUT2D eigenvalue weighted by Crippen LogP contribution is -2.33. The van der Waals surface area contributed by atoms with E-state index in [9.17, 15) is 4.79 Å². The summed E-state index contributed by atoms with van der Waals surface area (Å²) in [4.78, 5) is 13.9. The smallest absolute Gasteiger partial charge is 0.222 e. The maximum absolute atomic E-state index is 11.9. The topological polar surface area (TPSA) is 40.5 Å². The number of aliphatic hydroxyl groups excluding tert-OH is 1. The van der Waals surface area contributed by atoms with Crippen molar-refractivity contribution in [1.29, 1.82) is 0 Å². The van der Waals surface area contributed by atoms with E-state index in [-0.39, 0.29) is 12.5 Å². The van der Waals surface area contributed by atoms with E-state index in [0.29, 0.717) is 12.8 Å². The highest BCUT2D eigenvalue weighted by Crippen LogP contribution is 2.05. The van der Waals surface area contributed by atoms with Crippen LogP contribution in [0, 0.1) is 0 Å². The Morgan fingerprint density at radius 1 is 0.941 bits per heavy atom. The van der Waals surface area contributed by atoms with Crippen LogP contribution >= 0.6 is 0 Å². The SMILES string of the molecule is CCCCCN(CCCCC)C(=O)CCCO. The molecular weight excluding hydrogens is 214 g/mol.